The minimum Gasteiger partial charge on any atom is -0.497 e. The summed E-state index contributed by atoms with van der Waals surface area (Å²) >= 11 is 5.94. The van der Waals surface area contributed by atoms with Gasteiger partial charge < -0.3 is 14.5 Å². The van der Waals surface area contributed by atoms with Crippen molar-refractivity contribution >= 4 is 23.4 Å². The second-order valence-corrected chi connectivity index (χ2v) is 9.18. The third kappa shape index (κ3) is 5.09. The summed E-state index contributed by atoms with van der Waals surface area (Å²) in [6, 6.07) is 15.2. The standard InChI is InChI=1S/C26H31ClN2O3/c1-32-23-12-8-19(9-13-23)24-5-3-2-4-16-29(24)26(31)21-14-17-28(18-15-21)25(30)20-6-10-22(27)11-7-20/h6-13,21,24H,2-5,14-18H2,1H3/t24-/m0/s1. The largest absolute Gasteiger partial charge is 0.497 e. The summed E-state index contributed by atoms with van der Waals surface area (Å²) in [7, 11) is 1.67. The molecule has 1 atom stereocenters. The number of benzene rings is 2. The van der Waals surface area contributed by atoms with Crippen LogP contribution in [0.4, 0.5) is 0 Å². The monoisotopic (exact) mass is 454 g/mol. The highest BCUT2D eigenvalue weighted by molar-refractivity contribution is 6.30. The Bertz CT molecular complexity index is 921. The maximum atomic E-state index is 13.6. The van der Waals surface area contributed by atoms with Crippen LogP contribution in [0.15, 0.2) is 48.5 Å². The lowest BCUT2D eigenvalue weighted by molar-refractivity contribution is -0.139. The number of piperidine rings is 1. The number of ether oxygens (including phenoxy) is 1. The fourth-order valence-electron chi connectivity index (χ4n) is 4.88. The highest BCUT2D eigenvalue weighted by atomic mass is 35.5. The molecule has 0 saturated carbocycles. The molecular formula is C26H31ClN2O3. The van der Waals surface area contributed by atoms with Gasteiger partial charge in [0, 0.05) is 36.1 Å². The minimum absolute atomic E-state index is 0.0125. The van der Waals surface area contributed by atoms with Crippen LogP contribution >= 0.6 is 11.6 Å². The molecule has 4 rings (SSSR count). The second-order valence-electron chi connectivity index (χ2n) is 8.74. The highest BCUT2D eigenvalue weighted by Crippen LogP contribution is 2.34. The molecule has 2 heterocycles. The van der Waals surface area contributed by atoms with Crippen LogP contribution in [0.25, 0.3) is 0 Å². The highest BCUT2D eigenvalue weighted by Gasteiger charge is 2.34. The molecule has 0 aliphatic carbocycles. The van der Waals surface area contributed by atoms with Crippen molar-refractivity contribution in [2.24, 2.45) is 5.92 Å². The van der Waals surface area contributed by atoms with E-state index >= 15 is 0 Å². The normalized spacial score (nSPS) is 20.0. The van der Waals surface area contributed by atoms with Gasteiger partial charge in [-0.2, -0.15) is 0 Å². The zero-order valence-electron chi connectivity index (χ0n) is 18.6. The maximum absolute atomic E-state index is 13.6. The number of carbonyl (C=O) groups excluding carboxylic acids is 2. The minimum atomic E-state index is -0.0249. The van der Waals surface area contributed by atoms with Gasteiger partial charge in [-0.15, -0.1) is 0 Å². The van der Waals surface area contributed by atoms with E-state index in [0.29, 0.717) is 36.5 Å². The molecule has 0 bridgehead atoms. The van der Waals surface area contributed by atoms with Crippen molar-refractivity contribution in [2.45, 2.75) is 44.6 Å². The van der Waals surface area contributed by atoms with Crippen LogP contribution in [0, 0.1) is 5.92 Å². The Morgan fingerprint density at radius 2 is 1.56 bits per heavy atom. The topological polar surface area (TPSA) is 49.9 Å². The van der Waals surface area contributed by atoms with E-state index in [1.807, 2.05) is 17.0 Å². The van der Waals surface area contributed by atoms with Gasteiger partial charge in [-0.05, 0) is 67.6 Å². The molecule has 2 amide bonds. The zero-order valence-corrected chi connectivity index (χ0v) is 19.4. The van der Waals surface area contributed by atoms with Crippen LogP contribution in [0.3, 0.4) is 0 Å². The van der Waals surface area contributed by atoms with Crippen LogP contribution in [0.1, 0.15) is 60.5 Å². The molecule has 2 aliphatic heterocycles. The lowest BCUT2D eigenvalue weighted by Crippen LogP contribution is -2.45. The molecule has 2 aromatic rings. The number of nitrogens with zero attached hydrogens (tertiary/aromatic N) is 2. The summed E-state index contributed by atoms with van der Waals surface area (Å²) < 4.78 is 5.30. The van der Waals surface area contributed by atoms with Gasteiger partial charge in [0.15, 0.2) is 0 Å². The smallest absolute Gasteiger partial charge is 0.253 e. The molecule has 170 valence electrons. The van der Waals surface area contributed by atoms with Gasteiger partial charge in [0.25, 0.3) is 5.91 Å². The summed E-state index contributed by atoms with van der Waals surface area (Å²) in [4.78, 5) is 30.3. The quantitative estimate of drug-likeness (QED) is 0.626. The molecular weight excluding hydrogens is 424 g/mol. The predicted octanol–water partition coefficient (Wildman–Crippen LogP) is 5.34. The van der Waals surface area contributed by atoms with Crippen molar-refractivity contribution in [3.63, 3.8) is 0 Å². The Hall–Kier alpha value is -2.53. The van der Waals surface area contributed by atoms with E-state index < -0.39 is 0 Å². The fourth-order valence-corrected chi connectivity index (χ4v) is 5.01. The molecule has 2 fully saturated rings. The van der Waals surface area contributed by atoms with Crippen molar-refractivity contribution < 1.29 is 14.3 Å². The van der Waals surface area contributed by atoms with E-state index in [1.165, 1.54) is 5.56 Å². The molecule has 6 heteroatoms. The first-order valence-electron chi connectivity index (χ1n) is 11.6. The lowest BCUT2D eigenvalue weighted by Gasteiger charge is -2.37. The first kappa shape index (κ1) is 22.7. The number of carbonyl (C=O) groups is 2. The summed E-state index contributed by atoms with van der Waals surface area (Å²) in [5.41, 5.74) is 1.82. The Morgan fingerprint density at radius 1 is 0.875 bits per heavy atom. The van der Waals surface area contributed by atoms with Gasteiger partial charge in [-0.3, -0.25) is 9.59 Å². The Kier molecular flexibility index (Phi) is 7.36. The first-order chi connectivity index (χ1) is 15.6. The summed E-state index contributed by atoms with van der Waals surface area (Å²) in [6.07, 6.45) is 5.76. The van der Waals surface area contributed by atoms with E-state index in [2.05, 4.69) is 17.0 Å². The van der Waals surface area contributed by atoms with E-state index in [0.717, 1.165) is 38.0 Å². The molecule has 0 N–H and O–H groups in total. The lowest BCUT2D eigenvalue weighted by atomic mass is 9.92. The van der Waals surface area contributed by atoms with Gasteiger partial charge in [0.05, 0.1) is 13.2 Å². The number of halogens is 1. The third-order valence-electron chi connectivity index (χ3n) is 6.76. The average molecular weight is 455 g/mol. The summed E-state index contributed by atoms with van der Waals surface area (Å²) in [5, 5.41) is 0.620. The Morgan fingerprint density at radius 3 is 2.22 bits per heavy atom. The van der Waals surface area contributed by atoms with Crippen LogP contribution in [-0.4, -0.2) is 48.4 Å². The number of methoxy groups -OCH3 is 1. The van der Waals surface area contributed by atoms with Gasteiger partial charge in [0.1, 0.15) is 5.75 Å². The van der Waals surface area contributed by atoms with Crippen LogP contribution in [-0.2, 0) is 4.79 Å². The first-order valence-corrected chi connectivity index (χ1v) is 11.9. The SMILES string of the molecule is COc1ccc([C@@H]2CCCCCN2C(=O)C2CCN(C(=O)c3ccc(Cl)cc3)CC2)cc1. The second kappa shape index (κ2) is 10.4. The molecule has 2 aromatic carbocycles. The van der Waals surface area contributed by atoms with E-state index in [4.69, 9.17) is 16.3 Å². The molecule has 0 unspecified atom stereocenters. The van der Waals surface area contributed by atoms with Gasteiger partial charge in [-0.1, -0.05) is 36.6 Å². The number of rotatable bonds is 4. The molecule has 0 aromatic heterocycles. The predicted molar refractivity (Wildman–Crippen MR) is 126 cm³/mol. The van der Waals surface area contributed by atoms with Crippen molar-refractivity contribution in [2.75, 3.05) is 26.7 Å². The summed E-state index contributed by atoms with van der Waals surface area (Å²) in [6.45, 7) is 2.03. The van der Waals surface area contributed by atoms with Crippen LogP contribution in [0.2, 0.25) is 5.02 Å². The number of likely N-dealkylation sites (tertiary alicyclic amines) is 2. The van der Waals surface area contributed by atoms with Crippen LogP contribution < -0.4 is 4.74 Å². The van der Waals surface area contributed by atoms with Crippen molar-refractivity contribution in [1.82, 2.24) is 9.80 Å². The van der Waals surface area contributed by atoms with Crippen LogP contribution in [0.5, 0.6) is 5.75 Å². The molecule has 2 aliphatic rings. The van der Waals surface area contributed by atoms with E-state index in [-0.39, 0.29) is 23.8 Å². The van der Waals surface area contributed by atoms with Crippen molar-refractivity contribution in [1.29, 1.82) is 0 Å². The number of amides is 2. The van der Waals surface area contributed by atoms with E-state index in [9.17, 15) is 9.59 Å². The molecule has 0 spiro atoms. The summed E-state index contributed by atoms with van der Waals surface area (Å²) in [5.74, 6) is 1.06. The molecule has 5 nitrogen and oxygen atoms in total. The van der Waals surface area contributed by atoms with E-state index in [1.54, 1.807) is 31.4 Å². The molecule has 32 heavy (non-hydrogen) atoms. The fraction of sp³-hybridized carbons (Fsp3) is 0.462. The Balaban J connectivity index is 1.42. The number of hydrogen-bond donors (Lipinski definition) is 0. The molecule has 0 radical (unpaired) electrons. The maximum Gasteiger partial charge on any atom is 0.253 e. The van der Waals surface area contributed by atoms with Gasteiger partial charge in [-0.25, -0.2) is 0 Å². The van der Waals surface area contributed by atoms with Crippen molar-refractivity contribution in [3.05, 3.63) is 64.7 Å². The Labute approximate surface area is 195 Å². The van der Waals surface area contributed by atoms with Gasteiger partial charge >= 0.3 is 0 Å². The molecule has 2 saturated heterocycles. The average Bonchev–Trinajstić information content (AvgIpc) is 3.10. The van der Waals surface area contributed by atoms with Crippen molar-refractivity contribution in [3.8, 4) is 5.75 Å². The number of hydrogen-bond acceptors (Lipinski definition) is 3. The van der Waals surface area contributed by atoms with Gasteiger partial charge in [0.2, 0.25) is 5.91 Å². The third-order valence-corrected chi connectivity index (χ3v) is 7.01. The zero-order chi connectivity index (χ0) is 22.5.